The molecule has 0 aromatic rings. The zero-order valence-electron chi connectivity index (χ0n) is 12.5. The average molecular weight is 256 g/mol. The summed E-state index contributed by atoms with van der Waals surface area (Å²) in [6.07, 6.45) is 1.89. The van der Waals surface area contributed by atoms with Gasteiger partial charge in [0.15, 0.2) is 8.32 Å². The summed E-state index contributed by atoms with van der Waals surface area (Å²) in [7, 11) is -1.70. The highest BCUT2D eigenvalue weighted by atomic mass is 28.4. The van der Waals surface area contributed by atoms with E-state index in [1.54, 1.807) is 0 Å². The van der Waals surface area contributed by atoms with Gasteiger partial charge in [0.2, 0.25) is 0 Å². The Kier molecular flexibility index (Phi) is 4.25. The van der Waals surface area contributed by atoms with Gasteiger partial charge in [0.25, 0.3) is 0 Å². The van der Waals surface area contributed by atoms with E-state index in [4.69, 9.17) is 4.43 Å². The molecular weight excluding hydrogens is 228 g/mol. The van der Waals surface area contributed by atoms with Crippen molar-refractivity contribution in [2.24, 2.45) is 11.8 Å². The molecule has 1 aliphatic rings. The Balaban J connectivity index is 2.73. The number of hydrogen-bond acceptors (Lipinski definition) is 2. The van der Waals surface area contributed by atoms with Gasteiger partial charge < -0.3 is 4.43 Å². The van der Waals surface area contributed by atoms with Gasteiger partial charge in [-0.15, -0.1) is 0 Å². The Hall–Kier alpha value is -0.153. The first-order chi connectivity index (χ1) is 7.56. The highest BCUT2D eigenvalue weighted by Crippen LogP contribution is 2.40. The second kappa shape index (κ2) is 4.85. The summed E-state index contributed by atoms with van der Waals surface area (Å²) >= 11 is 0. The Morgan fingerprint density at radius 3 is 2.24 bits per heavy atom. The molecular formula is C14H28O2Si. The van der Waals surface area contributed by atoms with Gasteiger partial charge in [0.05, 0.1) is 0 Å². The van der Waals surface area contributed by atoms with Crippen LogP contribution in [-0.2, 0) is 9.22 Å². The van der Waals surface area contributed by atoms with Crippen molar-refractivity contribution < 1.29 is 9.22 Å². The molecule has 0 radical (unpaired) electrons. The number of ketones is 1. The van der Waals surface area contributed by atoms with Crippen LogP contribution in [-0.4, -0.2) is 20.2 Å². The minimum atomic E-state index is -1.70. The lowest BCUT2D eigenvalue weighted by Gasteiger charge is -2.43. The standard InChI is InChI=1S/C14H28O2Si/c1-10-11(2)13(9-8-12(10)15)16-17(6,7)14(3,4)5/h10-11,13H,8-9H2,1-7H3/t10-,11+,13+/m0/s1. The van der Waals surface area contributed by atoms with E-state index in [2.05, 4.69) is 40.8 Å². The summed E-state index contributed by atoms with van der Waals surface area (Å²) in [5, 5.41) is 0.247. The zero-order valence-corrected chi connectivity index (χ0v) is 13.5. The minimum absolute atomic E-state index is 0.165. The van der Waals surface area contributed by atoms with E-state index < -0.39 is 8.32 Å². The quantitative estimate of drug-likeness (QED) is 0.698. The molecule has 0 aromatic carbocycles. The molecule has 1 rings (SSSR count). The van der Waals surface area contributed by atoms with Crippen LogP contribution in [0.3, 0.4) is 0 Å². The second-order valence-corrected chi connectivity index (χ2v) is 11.8. The largest absolute Gasteiger partial charge is 0.414 e. The predicted molar refractivity (Wildman–Crippen MR) is 74.6 cm³/mol. The molecule has 0 saturated heterocycles. The summed E-state index contributed by atoms with van der Waals surface area (Å²) in [6.45, 7) is 15.6. The van der Waals surface area contributed by atoms with Crippen LogP contribution in [0.15, 0.2) is 0 Å². The highest BCUT2D eigenvalue weighted by molar-refractivity contribution is 6.74. The third kappa shape index (κ3) is 3.19. The van der Waals surface area contributed by atoms with Gasteiger partial charge in [-0.05, 0) is 30.5 Å². The molecule has 1 saturated carbocycles. The Labute approximate surface area is 107 Å². The molecule has 0 aromatic heterocycles. The van der Waals surface area contributed by atoms with Gasteiger partial charge >= 0.3 is 0 Å². The molecule has 0 spiro atoms. The molecule has 0 unspecified atom stereocenters. The van der Waals surface area contributed by atoms with Crippen LogP contribution >= 0.6 is 0 Å². The minimum Gasteiger partial charge on any atom is -0.414 e. The third-order valence-corrected chi connectivity index (χ3v) is 9.31. The van der Waals surface area contributed by atoms with Gasteiger partial charge in [-0.2, -0.15) is 0 Å². The van der Waals surface area contributed by atoms with Crippen LogP contribution in [0.4, 0.5) is 0 Å². The Morgan fingerprint density at radius 2 is 1.76 bits per heavy atom. The topological polar surface area (TPSA) is 26.3 Å². The summed E-state index contributed by atoms with van der Waals surface area (Å²) in [4.78, 5) is 11.7. The van der Waals surface area contributed by atoms with Crippen molar-refractivity contribution >= 4 is 14.1 Å². The van der Waals surface area contributed by atoms with E-state index in [9.17, 15) is 4.79 Å². The van der Waals surface area contributed by atoms with Crippen molar-refractivity contribution in [3.05, 3.63) is 0 Å². The SMILES string of the molecule is C[C@@H]1[C@H](C)C(=O)CC[C@H]1O[Si](C)(C)C(C)(C)C. The number of carbonyl (C=O) groups excluding carboxylic acids is 1. The van der Waals surface area contributed by atoms with Gasteiger partial charge in [-0.1, -0.05) is 34.6 Å². The fourth-order valence-corrected chi connectivity index (χ4v) is 3.55. The molecule has 0 N–H and O–H groups in total. The third-order valence-electron chi connectivity index (χ3n) is 4.81. The number of Topliss-reactive ketones (excluding diaryl/α,β-unsaturated/α-hetero) is 1. The van der Waals surface area contributed by atoms with Crippen LogP contribution in [0, 0.1) is 11.8 Å². The highest BCUT2D eigenvalue weighted by Gasteiger charge is 2.42. The first-order valence-corrected chi connectivity index (χ1v) is 9.67. The van der Waals surface area contributed by atoms with E-state index in [1.165, 1.54) is 0 Å². The van der Waals surface area contributed by atoms with Gasteiger partial charge in [-0.25, -0.2) is 0 Å². The summed E-state index contributed by atoms with van der Waals surface area (Å²) < 4.78 is 6.46. The number of hydrogen-bond donors (Lipinski definition) is 0. The van der Waals surface area contributed by atoms with E-state index in [-0.39, 0.29) is 17.1 Å². The molecule has 17 heavy (non-hydrogen) atoms. The fourth-order valence-electron chi connectivity index (χ4n) is 2.11. The lowest BCUT2D eigenvalue weighted by Crippen LogP contribution is -2.48. The lowest BCUT2D eigenvalue weighted by molar-refractivity contribution is -0.129. The van der Waals surface area contributed by atoms with Crippen molar-refractivity contribution in [1.29, 1.82) is 0 Å². The maximum Gasteiger partial charge on any atom is 0.192 e. The van der Waals surface area contributed by atoms with Gasteiger partial charge in [0.1, 0.15) is 5.78 Å². The Bertz CT molecular complexity index is 291. The van der Waals surface area contributed by atoms with Crippen molar-refractivity contribution in [2.75, 3.05) is 0 Å². The zero-order chi connectivity index (χ0) is 13.4. The van der Waals surface area contributed by atoms with E-state index in [0.29, 0.717) is 18.1 Å². The van der Waals surface area contributed by atoms with E-state index >= 15 is 0 Å². The molecule has 1 fully saturated rings. The van der Waals surface area contributed by atoms with Crippen molar-refractivity contribution in [1.82, 2.24) is 0 Å². The molecule has 0 amide bonds. The first kappa shape index (κ1) is 14.9. The lowest BCUT2D eigenvalue weighted by atomic mass is 9.79. The van der Waals surface area contributed by atoms with Crippen molar-refractivity contribution in [3.8, 4) is 0 Å². The molecule has 0 heterocycles. The molecule has 100 valence electrons. The van der Waals surface area contributed by atoms with Crippen LogP contribution in [0.1, 0.15) is 47.5 Å². The molecule has 1 aliphatic carbocycles. The first-order valence-electron chi connectivity index (χ1n) is 6.77. The molecule has 3 atom stereocenters. The van der Waals surface area contributed by atoms with Crippen LogP contribution in [0.25, 0.3) is 0 Å². The van der Waals surface area contributed by atoms with Gasteiger partial charge in [0, 0.05) is 18.4 Å². The summed E-state index contributed by atoms with van der Waals surface area (Å²) in [5.74, 6) is 0.941. The fraction of sp³-hybridized carbons (Fsp3) is 0.929. The maximum atomic E-state index is 11.7. The van der Waals surface area contributed by atoms with Crippen molar-refractivity contribution in [3.63, 3.8) is 0 Å². The van der Waals surface area contributed by atoms with Crippen LogP contribution < -0.4 is 0 Å². The molecule has 0 aliphatic heterocycles. The molecule has 2 nitrogen and oxygen atoms in total. The molecule has 3 heteroatoms. The summed E-state index contributed by atoms with van der Waals surface area (Å²) in [5.41, 5.74) is 0. The van der Waals surface area contributed by atoms with Crippen molar-refractivity contribution in [2.45, 2.75) is 71.7 Å². The van der Waals surface area contributed by atoms with Crippen LogP contribution in [0.2, 0.25) is 18.1 Å². The average Bonchev–Trinajstić information content (AvgIpc) is 2.17. The normalized spacial score (nSPS) is 31.7. The Morgan fingerprint density at radius 1 is 1.24 bits per heavy atom. The number of rotatable bonds is 2. The van der Waals surface area contributed by atoms with Crippen LogP contribution in [0.5, 0.6) is 0 Å². The van der Waals surface area contributed by atoms with Gasteiger partial charge in [-0.3, -0.25) is 4.79 Å². The monoisotopic (exact) mass is 256 g/mol. The van der Waals surface area contributed by atoms with E-state index in [1.807, 2.05) is 6.92 Å². The van der Waals surface area contributed by atoms with E-state index in [0.717, 1.165) is 6.42 Å². The summed E-state index contributed by atoms with van der Waals surface area (Å²) in [6, 6.07) is 0. The number of carbonyl (C=O) groups is 1. The smallest absolute Gasteiger partial charge is 0.192 e. The maximum absolute atomic E-state index is 11.7. The molecule has 0 bridgehead atoms. The second-order valence-electron chi connectivity index (χ2n) is 7.07. The predicted octanol–water partition coefficient (Wildman–Crippen LogP) is 4.01.